The van der Waals surface area contributed by atoms with Crippen molar-refractivity contribution in [3.05, 3.63) is 118 Å². The van der Waals surface area contributed by atoms with Crippen LogP contribution in [0.1, 0.15) is 59.1 Å². The Morgan fingerprint density at radius 1 is 0.404 bits per heavy atom. The van der Waals surface area contributed by atoms with Crippen molar-refractivity contribution in [3.8, 4) is 0 Å². The van der Waals surface area contributed by atoms with E-state index in [1.54, 1.807) is 0 Å². The molecule has 4 fully saturated rings. The van der Waals surface area contributed by atoms with Crippen molar-refractivity contribution in [2.45, 2.75) is 72.0 Å². The third kappa shape index (κ3) is 3.17. The van der Waals surface area contributed by atoms with Gasteiger partial charge in [0.05, 0.1) is 35.5 Å². The molecule has 0 aliphatic carbocycles. The molecule has 0 amide bonds. The van der Waals surface area contributed by atoms with Crippen LogP contribution in [0.2, 0.25) is 0 Å². The standard InChI is InChI=1S/C44H50N8/c1-49-23-19-41(27-11-5-7-17-33(27)45-37(41)49)29-13-9-15-31-35(29)47-39-44-22-26-52(4)40(43(31,44)21-25-51(39)3)48-36-30(14-10-16-32(36)44)42-20-24-50(2)38(42)46-34-18-8-6-12-28(34)42/h5-18,37-40,45-48H,19-26H2,1-4H3/t37-,38-,39-,40+,41+,42-,43+,44-/m1/s1. The quantitative estimate of drug-likeness (QED) is 0.211. The van der Waals surface area contributed by atoms with Crippen LogP contribution in [-0.2, 0) is 21.7 Å². The van der Waals surface area contributed by atoms with Crippen LogP contribution in [0.5, 0.6) is 0 Å². The van der Waals surface area contributed by atoms with Crippen LogP contribution in [0.25, 0.3) is 0 Å². The highest BCUT2D eigenvalue weighted by Gasteiger charge is 2.72. The van der Waals surface area contributed by atoms with Gasteiger partial charge in [-0.25, -0.2) is 0 Å². The molecule has 0 radical (unpaired) electrons. The smallest absolute Gasteiger partial charge is 0.0933 e. The summed E-state index contributed by atoms with van der Waals surface area (Å²) < 4.78 is 0. The Hall–Kier alpha value is -4.08. The summed E-state index contributed by atoms with van der Waals surface area (Å²) in [5, 5.41) is 16.9. The topological polar surface area (TPSA) is 61.1 Å². The van der Waals surface area contributed by atoms with Gasteiger partial charge in [-0.1, -0.05) is 72.8 Å². The van der Waals surface area contributed by atoms with E-state index in [9.17, 15) is 0 Å². The minimum Gasteiger partial charge on any atom is -0.368 e. The van der Waals surface area contributed by atoms with Gasteiger partial charge >= 0.3 is 0 Å². The van der Waals surface area contributed by atoms with Crippen LogP contribution in [0.3, 0.4) is 0 Å². The zero-order chi connectivity index (χ0) is 34.8. The third-order valence-electron chi connectivity index (χ3n) is 15.9. The lowest BCUT2D eigenvalue weighted by Gasteiger charge is -2.72. The molecule has 0 spiro atoms. The number of para-hydroxylation sites is 4. The summed E-state index contributed by atoms with van der Waals surface area (Å²) in [6.45, 7) is 4.29. The minimum absolute atomic E-state index is 0.100. The zero-order valence-electron chi connectivity index (χ0n) is 30.8. The first-order chi connectivity index (χ1) is 25.4. The SMILES string of the molecule is CN1CC[C@@]2(c3cccc4c3N[C@@H]3N(C)CC[C@@]45[C@H]4Nc6c([C@]78CCN(C)[C@H]7Nc7ccccc78)cccc6[C@]35CCN4C)c3ccccc3N[C@H]12. The van der Waals surface area contributed by atoms with Gasteiger partial charge in [0.2, 0.25) is 0 Å². The molecule has 0 aromatic heterocycles. The molecule has 8 heteroatoms. The first kappa shape index (κ1) is 30.4. The molecule has 4 aromatic rings. The van der Waals surface area contributed by atoms with Gasteiger partial charge in [0.1, 0.15) is 0 Å². The summed E-state index contributed by atoms with van der Waals surface area (Å²) >= 11 is 0. The monoisotopic (exact) mass is 690 g/mol. The summed E-state index contributed by atoms with van der Waals surface area (Å²) in [6.07, 6.45) is 5.28. The highest BCUT2D eigenvalue weighted by Crippen LogP contribution is 2.69. The third-order valence-corrected chi connectivity index (χ3v) is 15.9. The summed E-state index contributed by atoms with van der Waals surface area (Å²) in [6, 6.07) is 33.0. The van der Waals surface area contributed by atoms with Crippen LogP contribution >= 0.6 is 0 Å². The van der Waals surface area contributed by atoms with E-state index in [1.165, 1.54) is 56.1 Å². The number of nitrogens with one attached hydrogen (secondary N) is 4. The molecule has 4 bridgehead atoms. The van der Waals surface area contributed by atoms with E-state index in [-0.39, 0.29) is 46.3 Å². The number of piperidine rings is 2. The predicted molar refractivity (Wildman–Crippen MR) is 209 cm³/mol. The Morgan fingerprint density at radius 2 is 0.769 bits per heavy atom. The Morgan fingerprint density at radius 3 is 1.23 bits per heavy atom. The van der Waals surface area contributed by atoms with Gasteiger partial charge in [0.25, 0.3) is 0 Å². The van der Waals surface area contributed by atoms with Gasteiger partial charge in [0.15, 0.2) is 0 Å². The molecular formula is C44H50N8. The van der Waals surface area contributed by atoms with Gasteiger partial charge < -0.3 is 21.3 Å². The van der Waals surface area contributed by atoms with Crippen LogP contribution in [0, 0.1) is 0 Å². The van der Waals surface area contributed by atoms with Gasteiger partial charge in [-0.3, -0.25) is 19.6 Å². The van der Waals surface area contributed by atoms with Crippen molar-refractivity contribution >= 4 is 22.7 Å². The summed E-state index contributed by atoms with van der Waals surface area (Å²) in [5.74, 6) is 0. The Kier molecular flexibility index (Phi) is 5.79. The van der Waals surface area contributed by atoms with E-state index in [0.717, 1.165) is 51.9 Å². The van der Waals surface area contributed by atoms with E-state index in [4.69, 9.17) is 0 Å². The fourth-order valence-corrected chi connectivity index (χ4v) is 13.8. The highest BCUT2D eigenvalue weighted by molar-refractivity contribution is 5.81. The molecule has 4 N–H and O–H groups in total. The minimum atomic E-state index is -0.114. The molecule has 4 aromatic carbocycles. The van der Waals surface area contributed by atoms with Crippen LogP contribution in [0.4, 0.5) is 22.7 Å². The summed E-state index contributed by atoms with van der Waals surface area (Å²) in [5.41, 5.74) is 13.8. The molecule has 12 rings (SSSR count). The number of anilines is 4. The maximum absolute atomic E-state index is 4.44. The molecule has 0 saturated carbocycles. The second-order valence-electron chi connectivity index (χ2n) is 17.5. The highest BCUT2D eigenvalue weighted by atomic mass is 15.4. The summed E-state index contributed by atoms with van der Waals surface area (Å²) in [7, 11) is 9.37. The average Bonchev–Trinajstić information content (AvgIpc) is 3.89. The Balaban J connectivity index is 1.12. The lowest BCUT2D eigenvalue weighted by Crippen LogP contribution is -2.80. The van der Waals surface area contributed by atoms with Crippen molar-refractivity contribution in [2.24, 2.45) is 0 Å². The average molecular weight is 691 g/mol. The first-order valence-electron chi connectivity index (χ1n) is 19.7. The van der Waals surface area contributed by atoms with Crippen molar-refractivity contribution < 1.29 is 0 Å². The van der Waals surface area contributed by atoms with E-state index in [1.807, 2.05) is 0 Å². The van der Waals surface area contributed by atoms with Crippen molar-refractivity contribution in [1.29, 1.82) is 0 Å². The summed E-state index contributed by atoms with van der Waals surface area (Å²) in [4.78, 5) is 10.4. The van der Waals surface area contributed by atoms with Crippen LogP contribution in [0.15, 0.2) is 84.9 Å². The number of likely N-dealkylation sites (N-methyl/N-ethyl adjacent to an activating group) is 4. The lowest BCUT2D eigenvalue weighted by atomic mass is 9.44. The fourth-order valence-electron chi connectivity index (χ4n) is 13.8. The molecule has 52 heavy (non-hydrogen) atoms. The second-order valence-corrected chi connectivity index (χ2v) is 17.5. The van der Waals surface area contributed by atoms with Crippen molar-refractivity contribution in [2.75, 3.05) is 75.6 Å². The van der Waals surface area contributed by atoms with Crippen LogP contribution in [-0.4, -0.2) is 98.6 Å². The van der Waals surface area contributed by atoms with Gasteiger partial charge in [-0.15, -0.1) is 0 Å². The number of nitrogens with zero attached hydrogens (tertiary/aromatic N) is 4. The van der Waals surface area contributed by atoms with Gasteiger partial charge in [-0.2, -0.15) is 0 Å². The number of benzene rings is 4. The molecular weight excluding hydrogens is 641 g/mol. The van der Waals surface area contributed by atoms with Gasteiger partial charge in [-0.05, 0) is 99.4 Å². The largest absolute Gasteiger partial charge is 0.368 e. The molecule has 266 valence electrons. The fraction of sp³-hybridized carbons (Fsp3) is 0.455. The van der Waals surface area contributed by atoms with Gasteiger partial charge in [0, 0.05) is 59.8 Å². The lowest BCUT2D eigenvalue weighted by molar-refractivity contribution is -0.0694. The van der Waals surface area contributed by atoms with Crippen LogP contribution < -0.4 is 21.3 Å². The predicted octanol–water partition coefficient (Wildman–Crippen LogP) is 5.78. The number of hydrogen-bond acceptors (Lipinski definition) is 8. The van der Waals surface area contributed by atoms with E-state index >= 15 is 0 Å². The molecule has 8 nitrogen and oxygen atoms in total. The zero-order valence-corrected chi connectivity index (χ0v) is 30.8. The Labute approximate surface area is 307 Å². The molecule has 4 saturated heterocycles. The Bertz CT molecular complexity index is 2030. The maximum Gasteiger partial charge on any atom is 0.0933 e. The maximum atomic E-state index is 4.44. The number of likely N-dealkylation sites (tertiary alicyclic amines) is 4. The number of rotatable bonds is 2. The molecule has 8 aliphatic rings. The molecule has 0 unspecified atom stereocenters. The number of hydrogen-bond donors (Lipinski definition) is 4. The number of fused-ring (bicyclic) bond motifs is 8. The van der Waals surface area contributed by atoms with E-state index < -0.39 is 0 Å². The van der Waals surface area contributed by atoms with E-state index in [2.05, 4.69) is 154 Å². The first-order valence-corrected chi connectivity index (χ1v) is 19.7. The second kappa shape index (κ2) is 9.91. The normalized spacial score (nSPS) is 38.0. The van der Waals surface area contributed by atoms with E-state index in [0.29, 0.717) is 0 Å². The molecule has 8 atom stereocenters. The molecule has 8 heterocycles. The van der Waals surface area contributed by atoms with Crippen molar-refractivity contribution in [1.82, 2.24) is 19.6 Å². The molecule has 8 aliphatic heterocycles. The van der Waals surface area contributed by atoms with Crippen molar-refractivity contribution in [3.63, 3.8) is 0 Å².